The standard InChI is InChI=1S/C12H17N3O2/c16-11(17)7-10-8-13-12(14-9-10)15-5-3-1-2-4-6-15/h8-9H,1-7H2,(H,16,17). The van der Waals surface area contributed by atoms with Gasteiger partial charge < -0.3 is 10.0 Å². The van der Waals surface area contributed by atoms with Crippen LogP contribution in [0.25, 0.3) is 0 Å². The number of carboxylic acid groups (broad SMARTS) is 1. The van der Waals surface area contributed by atoms with Gasteiger partial charge in [0.05, 0.1) is 6.42 Å². The van der Waals surface area contributed by atoms with Crippen molar-refractivity contribution < 1.29 is 9.90 Å². The number of carboxylic acids is 1. The number of rotatable bonds is 3. The lowest BCUT2D eigenvalue weighted by molar-refractivity contribution is -0.136. The maximum absolute atomic E-state index is 10.5. The summed E-state index contributed by atoms with van der Waals surface area (Å²) in [6.07, 6.45) is 8.12. The van der Waals surface area contributed by atoms with E-state index in [1.54, 1.807) is 12.4 Å². The second kappa shape index (κ2) is 5.61. The van der Waals surface area contributed by atoms with E-state index in [0.717, 1.165) is 19.0 Å². The van der Waals surface area contributed by atoms with E-state index in [4.69, 9.17) is 5.11 Å². The molecular formula is C12H17N3O2. The molecule has 0 spiro atoms. The fourth-order valence-electron chi connectivity index (χ4n) is 2.05. The van der Waals surface area contributed by atoms with Crippen molar-refractivity contribution in [2.75, 3.05) is 18.0 Å². The van der Waals surface area contributed by atoms with Crippen molar-refractivity contribution in [1.29, 1.82) is 0 Å². The molecule has 1 fully saturated rings. The summed E-state index contributed by atoms with van der Waals surface area (Å²) < 4.78 is 0. The van der Waals surface area contributed by atoms with Crippen LogP contribution in [0.5, 0.6) is 0 Å². The molecule has 0 aromatic carbocycles. The molecule has 17 heavy (non-hydrogen) atoms. The summed E-state index contributed by atoms with van der Waals surface area (Å²) in [5.74, 6) is -0.128. The van der Waals surface area contributed by atoms with Gasteiger partial charge in [0.2, 0.25) is 5.95 Å². The van der Waals surface area contributed by atoms with E-state index in [1.165, 1.54) is 25.7 Å². The molecule has 0 amide bonds. The maximum Gasteiger partial charge on any atom is 0.307 e. The lowest BCUT2D eigenvalue weighted by atomic mass is 10.2. The molecule has 1 N–H and O–H groups in total. The fourth-order valence-corrected chi connectivity index (χ4v) is 2.05. The summed E-state index contributed by atoms with van der Waals surface area (Å²) in [7, 11) is 0. The van der Waals surface area contributed by atoms with E-state index in [2.05, 4.69) is 14.9 Å². The summed E-state index contributed by atoms with van der Waals surface area (Å²) in [6.45, 7) is 2.00. The van der Waals surface area contributed by atoms with Crippen LogP contribution in [0.2, 0.25) is 0 Å². The quantitative estimate of drug-likeness (QED) is 0.859. The first-order valence-electron chi connectivity index (χ1n) is 6.03. The first kappa shape index (κ1) is 11.8. The van der Waals surface area contributed by atoms with E-state index in [9.17, 15) is 4.79 Å². The minimum absolute atomic E-state index is 0.0136. The molecule has 2 heterocycles. The number of anilines is 1. The molecule has 5 nitrogen and oxygen atoms in total. The van der Waals surface area contributed by atoms with Crippen LogP contribution < -0.4 is 4.90 Å². The van der Waals surface area contributed by atoms with Crippen molar-refractivity contribution in [3.05, 3.63) is 18.0 Å². The summed E-state index contributed by atoms with van der Waals surface area (Å²) in [5.41, 5.74) is 0.649. The van der Waals surface area contributed by atoms with Gasteiger partial charge in [0, 0.05) is 31.0 Å². The molecule has 0 unspecified atom stereocenters. The molecule has 0 bridgehead atoms. The smallest absolute Gasteiger partial charge is 0.307 e. The van der Waals surface area contributed by atoms with E-state index < -0.39 is 5.97 Å². The molecule has 5 heteroatoms. The van der Waals surface area contributed by atoms with Crippen LogP contribution in [-0.2, 0) is 11.2 Å². The fraction of sp³-hybridized carbons (Fsp3) is 0.583. The van der Waals surface area contributed by atoms with Crippen molar-refractivity contribution in [2.24, 2.45) is 0 Å². The summed E-state index contributed by atoms with van der Waals surface area (Å²) in [5, 5.41) is 8.66. The normalized spacial score (nSPS) is 16.6. The lowest BCUT2D eigenvalue weighted by Gasteiger charge is -2.19. The molecule has 92 valence electrons. The zero-order chi connectivity index (χ0) is 12.1. The number of nitrogens with zero attached hydrogens (tertiary/aromatic N) is 3. The van der Waals surface area contributed by atoms with E-state index in [0.29, 0.717) is 5.56 Å². The minimum atomic E-state index is -0.851. The van der Waals surface area contributed by atoms with Gasteiger partial charge in [-0.15, -0.1) is 0 Å². The Morgan fingerprint density at radius 3 is 2.29 bits per heavy atom. The third-order valence-electron chi connectivity index (χ3n) is 2.94. The average molecular weight is 235 g/mol. The van der Waals surface area contributed by atoms with Gasteiger partial charge in [0.15, 0.2) is 0 Å². The van der Waals surface area contributed by atoms with Crippen LogP contribution in [-0.4, -0.2) is 34.1 Å². The Morgan fingerprint density at radius 2 is 1.76 bits per heavy atom. The zero-order valence-corrected chi connectivity index (χ0v) is 9.80. The predicted octanol–water partition coefficient (Wildman–Crippen LogP) is 1.48. The topological polar surface area (TPSA) is 66.3 Å². The average Bonchev–Trinajstić information content (AvgIpc) is 2.58. The van der Waals surface area contributed by atoms with Crippen molar-refractivity contribution >= 4 is 11.9 Å². The zero-order valence-electron chi connectivity index (χ0n) is 9.80. The van der Waals surface area contributed by atoms with Gasteiger partial charge in [-0.05, 0) is 12.8 Å². The largest absolute Gasteiger partial charge is 0.481 e. The Labute approximate surface area is 100 Å². The Balaban J connectivity index is 2.03. The molecule has 0 saturated carbocycles. The Bertz CT molecular complexity index is 370. The number of aliphatic carboxylic acids is 1. The SMILES string of the molecule is O=C(O)Cc1cnc(N2CCCCCC2)nc1. The number of hydrogen-bond acceptors (Lipinski definition) is 4. The third-order valence-corrected chi connectivity index (χ3v) is 2.94. The molecule has 0 radical (unpaired) electrons. The van der Waals surface area contributed by atoms with Crippen molar-refractivity contribution in [2.45, 2.75) is 32.1 Å². The predicted molar refractivity (Wildman–Crippen MR) is 64.1 cm³/mol. The van der Waals surface area contributed by atoms with Crippen LogP contribution in [0.1, 0.15) is 31.2 Å². The highest BCUT2D eigenvalue weighted by Gasteiger charge is 2.12. The van der Waals surface area contributed by atoms with Crippen LogP contribution in [0.3, 0.4) is 0 Å². The highest BCUT2D eigenvalue weighted by atomic mass is 16.4. The Kier molecular flexibility index (Phi) is 3.90. The van der Waals surface area contributed by atoms with Crippen LogP contribution in [0, 0.1) is 0 Å². The highest BCUT2D eigenvalue weighted by Crippen LogP contribution is 2.15. The van der Waals surface area contributed by atoms with Gasteiger partial charge in [-0.25, -0.2) is 9.97 Å². The Morgan fingerprint density at radius 1 is 1.18 bits per heavy atom. The second-order valence-corrected chi connectivity index (χ2v) is 4.36. The van der Waals surface area contributed by atoms with E-state index in [-0.39, 0.29) is 6.42 Å². The molecule has 2 rings (SSSR count). The van der Waals surface area contributed by atoms with Crippen LogP contribution in [0.4, 0.5) is 5.95 Å². The van der Waals surface area contributed by atoms with Gasteiger partial charge >= 0.3 is 5.97 Å². The van der Waals surface area contributed by atoms with Crippen LogP contribution in [0.15, 0.2) is 12.4 Å². The molecule has 1 aromatic heterocycles. The third kappa shape index (κ3) is 3.41. The summed E-state index contributed by atoms with van der Waals surface area (Å²) in [6, 6.07) is 0. The summed E-state index contributed by atoms with van der Waals surface area (Å²) in [4.78, 5) is 21.2. The molecule has 1 aromatic rings. The van der Waals surface area contributed by atoms with Gasteiger partial charge in [-0.1, -0.05) is 12.8 Å². The molecule has 0 aliphatic carbocycles. The Hall–Kier alpha value is -1.65. The monoisotopic (exact) mass is 235 g/mol. The van der Waals surface area contributed by atoms with E-state index in [1.807, 2.05) is 0 Å². The molecule has 1 saturated heterocycles. The number of hydrogen-bond donors (Lipinski definition) is 1. The number of aromatic nitrogens is 2. The molecule has 0 atom stereocenters. The molecular weight excluding hydrogens is 218 g/mol. The van der Waals surface area contributed by atoms with Gasteiger partial charge in [0.1, 0.15) is 0 Å². The molecule has 1 aliphatic heterocycles. The van der Waals surface area contributed by atoms with E-state index >= 15 is 0 Å². The van der Waals surface area contributed by atoms with Gasteiger partial charge in [0.25, 0.3) is 0 Å². The minimum Gasteiger partial charge on any atom is -0.481 e. The molecule has 1 aliphatic rings. The van der Waals surface area contributed by atoms with Crippen molar-refractivity contribution in [1.82, 2.24) is 9.97 Å². The lowest BCUT2D eigenvalue weighted by Crippen LogP contribution is -2.26. The maximum atomic E-state index is 10.5. The van der Waals surface area contributed by atoms with Crippen molar-refractivity contribution in [3.63, 3.8) is 0 Å². The van der Waals surface area contributed by atoms with Gasteiger partial charge in [-0.3, -0.25) is 4.79 Å². The van der Waals surface area contributed by atoms with Crippen molar-refractivity contribution in [3.8, 4) is 0 Å². The first-order chi connectivity index (χ1) is 8.25. The summed E-state index contributed by atoms with van der Waals surface area (Å²) >= 11 is 0. The van der Waals surface area contributed by atoms with Gasteiger partial charge in [-0.2, -0.15) is 0 Å². The highest BCUT2D eigenvalue weighted by molar-refractivity contribution is 5.69. The first-order valence-corrected chi connectivity index (χ1v) is 6.03. The number of carbonyl (C=O) groups is 1. The second-order valence-electron chi connectivity index (χ2n) is 4.36. The van der Waals surface area contributed by atoms with Crippen LogP contribution >= 0.6 is 0 Å².